The Kier molecular flexibility index (Phi) is 3.97. The van der Waals surface area contributed by atoms with Crippen LogP contribution in [0.1, 0.15) is 16.8 Å². The highest BCUT2D eigenvalue weighted by Gasteiger charge is 2.03. The van der Waals surface area contributed by atoms with E-state index < -0.39 is 0 Å². The van der Waals surface area contributed by atoms with Gasteiger partial charge < -0.3 is 5.32 Å². The van der Waals surface area contributed by atoms with Crippen LogP contribution in [-0.2, 0) is 20.1 Å². The number of nitrogens with zero attached hydrogens (tertiary/aromatic N) is 2. The minimum atomic E-state index is 0.848. The predicted molar refractivity (Wildman–Crippen MR) is 72.6 cm³/mol. The molecule has 4 heteroatoms. The maximum Gasteiger partial charge on any atom is 0.0638 e. The van der Waals surface area contributed by atoms with Crippen molar-refractivity contribution in [1.82, 2.24) is 15.1 Å². The molecule has 0 saturated heterocycles. The molecule has 0 aliphatic heterocycles. The second kappa shape index (κ2) is 5.47. The second-order valence-corrected chi connectivity index (χ2v) is 4.96. The molecule has 0 amide bonds. The van der Waals surface area contributed by atoms with Gasteiger partial charge in [-0.15, -0.1) is 0 Å². The number of halogens is 1. The summed E-state index contributed by atoms with van der Waals surface area (Å²) in [5.41, 5.74) is 3.61. The summed E-state index contributed by atoms with van der Waals surface area (Å²) in [6, 6.07) is 8.26. The number of aromatic nitrogens is 2. The minimum absolute atomic E-state index is 0.848. The van der Waals surface area contributed by atoms with Crippen LogP contribution in [0.5, 0.6) is 0 Å². The lowest BCUT2D eigenvalue weighted by Crippen LogP contribution is -2.13. The smallest absolute Gasteiger partial charge is 0.0638 e. The van der Waals surface area contributed by atoms with Crippen LogP contribution in [0.25, 0.3) is 0 Å². The first-order valence-electron chi connectivity index (χ1n) is 5.60. The van der Waals surface area contributed by atoms with Crippen molar-refractivity contribution in [2.24, 2.45) is 7.05 Å². The van der Waals surface area contributed by atoms with Crippen molar-refractivity contribution < 1.29 is 0 Å². The van der Waals surface area contributed by atoms with Gasteiger partial charge in [-0.05, 0) is 18.6 Å². The van der Waals surface area contributed by atoms with Gasteiger partial charge in [0.05, 0.1) is 5.69 Å². The standard InChI is InChI=1S/C13H16BrN3/c1-10-12(9-17(2)16-10)8-15-7-11-5-3-4-6-13(11)14/h3-6,9,15H,7-8H2,1-2H3. The summed E-state index contributed by atoms with van der Waals surface area (Å²) in [4.78, 5) is 0. The lowest BCUT2D eigenvalue weighted by Gasteiger charge is -2.06. The number of nitrogens with one attached hydrogen (secondary N) is 1. The van der Waals surface area contributed by atoms with Gasteiger partial charge in [-0.3, -0.25) is 4.68 Å². The summed E-state index contributed by atoms with van der Waals surface area (Å²) >= 11 is 3.54. The van der Waals surface area contributed by atoms with E-state index in [1.807, 2.05) is 24.7 Å². The molecule has 0 radical (unpaired) electrons. The van der Waals surface area contributed by atoms with Crippen LogP contribution >= 0.6 is 15.9 Å². The Balaban J connectivity index is 1.92. The molecule has 2 aromatic rings. The fourth-order valence-corrected chi connectivity index (χ4v) is 2.22. The monoisotopic (exact) mass is 293 g/mol. The third-order valence-corrected chi connectivity index (χ3v) is 3.48. The van der Waals surface area contributed by atoms with Gasteiger partial charge in [0.1, 0.15) is 0 Å². The first-order valence-corrected chi connectivity index (χ1v) is 6.39. The molecular formula is C13H16BrN3. The van der Waals surface area contributed by atoms with Crippen molar-refractivity contribution >= 4 is 15.9 Å². The van der Waals surface area contributed by atoms with Crippen LogP contribution in [0, 0.1) is 6.92 Å². The van der Waals surface area contributed by atoms with E-state index >= 15 is 0 Å². The molecule has 1 heterocycles. The Hall–Kier alpha value is -1.13. The van der Waals surface area contributed by atoms with Crippen molar-refractivity contribution in [2.75, 3.05) is 0 Å². The van der Waals surface area contributed by atoms with Gasteiger partial charge in [-0.1, -0.05) is 34.1 Å². The largest absolute Gasteiger partial charge is 0.308 e. The Labute approximate surface area is 110 Å². The van der Waals surface area contributed by atoms with Gasteiger partial charge in [-0.25, -0.2) is 0 Å². The number of hydrogen-bond acceptors (Lipinski definition) is 2. The Morgan fingerprint density at radius 1 is 1.24 bits per heavy atom. The average Bonchev–Trinajstić information content (AvgIpc) is 2.60. The summed E-state index contributed by atoms with van der Waals surface area (Å²) in [6.45, 7) is 3.74. The van der Waals surface area contributed by atoms with Gasteiger partial charge in [0.15, 0.2) is 0 Å². The third kappa shape index (κ3) is 3.17. The zero-order valence-corrected chi connectivity index (χ0v) is 11.7. The topological polar surface area (TPSA) is 29.9 Å². The number of benzene rings is 1. The van der Waals surface area contributed by atoms with E-state index in [1.54, 1.807) is 0 Å². The molecule has 0 bridgehead atoms. The normalized spacial score (nSPS) is 10.8. The van der Waals surface area contributed by atoms with E-state index in [9.17, 15) is 0 Å². The maximum atomic E-state index is 4.32. The van der Waals surface area contributed by atoms with E-state index in [4.69, 9.17) is 0 Å². The zero-order valence-electron chi connectivity index (χ0n) is 10.1. The molecule has 0 spiro atoms. The third-order valence-electron chi connectivity index (χ3n) is 2.70. The van der Waals surface area contributed by atoms with Crippen molar-refractivity contribution in [3.8, 4) is 0 Å². The molecular weight excluding hydrogens is 278 g/mol. The first-order chi connectivity index (χ1) is 8.16. The van der Waals surface area contributed by atoms with Crippen LogP contribution in [0.2, 0.25) is 0 Å². The molecule has 3 nitrogen and oxygen atoms in total. The van der Waals surface area contributed by atoms with E-state index in [1.165, 1.54) is 11.1 Å². The average molecular weight is 294 g/mol. The molecule has 1 aromatic carbocycles. The molecule has 1 aromatic heterocycles. The molecule has 0 aliphatic rings. The van der Waals surface area contributed by atoms with Crippen LogP contribution in [-0.4, -0.2) is 9.78 Å². The molecule has 0 fully saturated rings. The number of aryl methyl sites for hydroxylation is 2. The van der Waals surface area contributed by atoms with E-state index in [-0.39, 0.29) is 0 Å². The highest BCUT2D eigenvalue weighted by molar-refractivity contribution is 9.10. The SMILES string of the molecule is Cc1nn(C)cc1CNCc1ccccc1Br. The summed E-state index contributed by atoms with van der Waals surface area (Å²) < 4.78 is 3.00. The molecule has 90 valence electrons. The van der Waals surface area contributed by atoms with Crippen LogP contribution in [0.3, 0.4) is 0 Å². The van der Waals surface area contributed by atoms with Crippen molar-refractivity contribution in [2.45, 2.75) is 20.0 Å². The van der Waals surface area contributed by atoms with Gasteiger partial charge in [-0.2, -0.15) is 5.10 Å². The van der Waals surface area contributed by atoms with Crippen LogP contribution in [0.4, 0.5) is 0 Å². The van der Waals surface area contributed by atoms with Crippen molar-refractivity contribution in [1.29, 1.82) is 0 Å². The molecule has 0 unspecified atom stereocenters. The molecule has 0 aliphatic carbocycles. The van der Waals surface area contributed by atoms with Crippen molar-refractivity contribution in [3.05, 3.63) is 51.8 Å². The summed E-state index contributed by atoms with van der Waals surface area (Å²) in [6.07, 6.45) is 2.06. The molecule has 0 saturated carbocycles. The lowest BCUT2D eigenvalue weighted by atomic mass is 10.2. The van der Waals surface area contributed by atoms with E-state index in [0.717, 1.165) is 23.3 Å². The molecule has 0 atom stereocenters. The van der Waals surface area contributed by atoms with E-state index in [0.29, 0.717) is 0 Å². The first kappa shape index (κ1) is 12.3. The fraction of sp³-hybridized carbons (Fsp3) is 0.308. The Bertz CT molecular complexity index is 505. The van der Waals surface area contributed by atoms with Crippen LogP contribution in [0.15, 0.2) is 34.9 Å². The highest BCUT2D eigenvalue weighted by Crippen LogP contribution is 2.15. The zero-order chi connectivity index (χ0) is 12.3. The molecule has 2 rings (SSSR count). The van der Waals surface area contributed by atoms with Crippen molar-refractivity contribution in [3.63, 3.8) is 0 Å². The second-order valence-electron chi connectivity index (χ2n) is 4.11. The molecule has 17 heavy (non-hydrogen) atoms. The van der Waals surface area contributed by atoms with Gasteiger partial charge in [0, 0.05) is 36.4 Å². The minimum Gasteiger partial charge on any atom is -0.308 e. The Morgan fingerprint density at radius 3 is 2.59 bits per heavy atom. The quantitative estimate of drug-likeness (QED) is 0.939. The highest BCUT2D eigenvalue weighted by atomic mass is 79.9. The predicted octanol–water partition coefficient (Wildman–Crippen LogP) is 2.78. The number of hydrogen-bond donors (Lipinski definition) is 1. The lowest BCUT2D eigenvalue weighted by molar-refractivity contribution is 0.688. The van der Waals surface area contributed by atoms with Gasteiger partial charge >= 0.3 is 0 Å². The van der Waals surface area contributed by atoms with Gasteiger partial charge in [0.2, 0.25) is 0 Å². The van der Waals surface area contributed by atoms with E-state index in [2.05, 4.69) is 50.7 Å². The number of rotatable bonds is 4. The van der Waals surface area contributed by atoms with Gasteiger partial charge in [0.25, 0.3) is 0 Å². The fourth-order valence-electron chi connectivity index (χ4n) is 1.80. The summed E-state index contributed by atoms with van der Waals surface area (Å²) in [7, 11) is 1.95. The molecule has 1 N–H and O–H groups in total. The summed E-state index contributed by atoms with van der Waals surface area (Å²) in [5, 5.41) is 7.75. The van der Waals surface area contributed by atoms with Crippen LogP contribution < -0.4 is 5.32 Å². The Morgan fingerprint density at radius 2 is 1.94 bits per heavy atom. The maximum absolute atomic E-state index is 4.32. The summed E-state index contributed by atoms with van der Waals surface area (Å²) in [5.74, 6) is 0.